The van der Waals surface area contributed by atoms with Gasteiger partial charge in [0.05, 0.1) is 11.5 Å². The van der Waals surface area contributed by atoms with Crippen molar-refractivity contribution in [2.45, 2.75) is 58.9 Å². The first-order valence-electron chi connectivity index (χ1n) is 11.1. The Morgan fingerprint density at radius 1 is 1.12 bits per heavy atom. The van der Waals surface area contributed by atoms with Gasteiger partial charge in [-0.15, -0.1) is 0 Å². The number of nitrogens with zero attached hydrogens (tertiary/aromatic N) is 2. The van der Waals surface area contributed by atoms with E-state index < -0.39 is 10.0 Å². The first-order valence-corrected chi connectivity index (χ1v) is 12.5. The minimum atomic E-state index is -3.60. The number of nitrogens with one attached hydrogen (secondary N) is 1. The highest BCUT2D eigenvalue weighted by atomic mass is 32.2. The van der Waals surface area contributed by atoms with Crippen LogP contribution in [0.1, 0.15) is 47.6 Å². The number of ether oxygens (including phenoxy) is 1. The average molecular weight is 460 g/mol. The maximum atomic E-state index is 13.4. The predicted octanol–water partition coefficient (Wildman–Crippen LogP) is 3.43. The van der Waals surface area contributed by atoms with Crippen LogP contribution >= 0.6 is 0 Å². The molecule has 0 bridgehead atoms. The van der Waals surface area contributed by atoms with Crippen molar-refractivity contribution in [1.82, 2.24) is 14.6 Å². The Bertz CT molecular complexity index is 1060. The first-order chi connectivity index (χ1) is 15.1. The number of aromatic nitrogens is 1. The van der Waals surface area contributed by atoms with Crippen LogP contribution < -0.4 is 10.1 Å². The van der Waals surface area contributed by atoms with Crippen molar-refractivity contribution in [2.24, 2.45) is 5.92 Å². The third-order valence-corrected chi connectivity index (χ3v) is 8.45. The number of amides is 1. The fourth-order valence-corrected chi connectivity index (χ4v) is 6.22. The lowest BCUT2D eigenvalue weighted by Crippen LogP contribution is -2.43. The van der Waals surface area contributed by atoms with E-state index in [4.69, 9.17) is 4.74 Å². The number of sulfonamides is 1. The summed E-state index contributed by atoms with van der Waals surface area (Å²) in [5.74, 6) is 0.293. The molecule has 32 heavy (non-hydrogen) atoms. The summed E-state index contributed by atoms with van der Waals surface area (Å²) in [7, 11) is -3.60. The van der Waals surface area contributed by atoms with Gasteiger partial charge < -0.3 is 10.1 Å². The van der Waals surface area contributed by atoms with Crippen molar-refractivity contribution in [3.63, 3.8) is 0 Å². The molecule has 8 heteroatoms. The quantitative estimate of drug-likeness (QED) is 0.685. The molecule has 1 amide bonds. The second-order valence-corrected chi connectivity index (χ2v) is 10.3. The summed E-state index contributed by atoms with van der Waals surface area (Å²) in [6, 6.07) is 5.68. The summed E-state index contributed by atoms with van der Waals surface area (Å²) < 4.78 is 33.8. The predicted molar refractivity (Wildman–Crippen MR) is 124 cm³/mol. The monoisotopic (exact) mass is 459 g/mol. The van der Waals surface area contributed by atoms with Gasteiger partial charge in [-0.3, -0.25) is 4.79 Å². The lowest BCUT2D eigenvalue weighted by molar-refractivity contribution is -0.126. The van der Waals surface area contributed by atoms with Crippen LogP contribution in [-0.4, -0.2) is 43.3 Å². The number of aryl methyl sites for hydroxylation is 2. The van der Waals surface area contributed by atoms with Gasteiger partial charge in [0.1, 0.15) is 0 Å². The maximum absolute atomic E-state index is 13.4. The van der Waals surface area contributed by atoms with E-state index in [1.807, 2.05) is 52.8 Å². The van der Waals surface area contributed by atoms with Gasteiger partial charge in [0.25, 0.3) is 0 Å². The molecule has 0 spiro atoms. The van der Waals surface area contributed by atoms with Crippen LogP contribution in [0.15, 0.2) is 29.3 Å². The van der Waals surface area contributed by atoms with Crippen molar-refractivity contribution in [3.05, 3.63) is 52.2 Å². The van der Waals surface area contributed by atoms with Crippen LogP contribution in [0.3, 0.4) is 0 Å². The molecule has 0 atom stereocenters. The Hall–Kier alpha value is -2.45. The highest BCUT2D eigenvalue weighted by molar-refractivity contribution is 7.89. The third-order valence-electron chi connectivity index (χ3n) is 6.28. The molecule has 0 aliphatic carbocycles. The van der Waals surface area contributed by atoms with Crippen LogP contribution in [0, 0.1) is 33.6 Å². The summed E-state index contributed by atoms with van der Waals surface area (Å²) in [5.41, 5.74) is 4.47. The molecular weight excluding hydrogens is 426 g/mol. The number of hydrogen-bond acceptors (Lipinski definition) is 5. The van der Waals surface area contributed by atoms with Crippen molar-refractivity contribution < 1.29 is 17.9 Å². The zero-order valence-corrected chi connectivity index (χ0v) is 20.4. The van der Waals surface area contributed by atoms with E-state index in [1.54, 1.807) is 6.20 Å². The molecule has 1 fully saturated rings. The summed E-state index contributed by atoms with van der Waals surface area (Å²) in [6.07, 6.45) is 2.68. The van der Waals surface area contributed by atoms with E-state index in [-0.39, 0.29) is 11.8 Å². The standard InChI is InChI=1S/C24H33N3O4S/c1-6-31-22-14-20(7-10-25-22)15-26-24(28)21-8-11-27(12-9-21)32(29,30)23-18(4)16(2)13-17(3)19(23)5/h7,10,13-14,21H,6,8-9,11-12,15H2,1-5H3,(H,26,28). The third kappa shape index (κ3) is 5.13. The van der Waals surface area contributed by atoms with Gasteiger partial charge in [-0.1, -0.05) is 6.07 Å². The van der Waals surface area contributed by atoms with E-state index in [1.165, 1.54) is 4.31 Å². The van der Waals surface area contributed by atoms with Crippen LogP contribution in [0.25, 0.3) is 0 Å². The Morgan fingerprint density at radius 3 is 2.34 bits per heavy atom. The summed E-state index contributed by atoms with van der Waals surface area (Å²) >= 11 is 0. The fourth-order valence-electron chi connectivity index (χ4n) is 4.18. The first kappa shape index (κ1) is 24.2. The smallest absolute Gasteiger partial charge is 0.243 e. The van der Waals surface area contributed by atoms with Crippen molar-refractivity contribution in [2.75, 3.05) is 19.7 Å². The van der Waals surface area contributed by atoms with Gasteiger partial charge in [-0.05, 0) is 81.3 Å². The fraction of sp³-hybridized carbons (Fsp3) is 0.500. The van der Waals surface area contributed by atoms with Gasteiger partial charge in [0.15, 0.2) is 0 Å². The average Bonchev–Trinajstić information content (AvgIpc) is 2.77. The molecule has 2 aromatic rings. The number of carbonyl (C=O) groups is 1. The molecule has 7 nitrogen and oxygen atoms in total. The van der Waals surface area contributed by atoms with Crippen LogP contribution in [0.5, 0.6) is 5.88 Å². The number of pyridine rings is 1. The summed E-state index contributed by atoms with van der Waals surface area (Å²) in [5, 5.41) is 2.97. The van der Waals surface area contributed by atoms with Crippen LogP contribution in [0.2, 0.25) is 0 Å². The Kier molecular flexibility index (Phi) is 7.56. The molecule has 0 unspecified atom stereocenters. The summed E-state index contributed by atoms with van der Waals surface area (Å²) in [4.78, 5) is 17.2. The SMILES string of the molecule is CCOc1cc(CNC(=O)C2CCN(S(=O)(=O)c3c(C)c(C)cc(C)c3C)CC2)ccn1. The largest absolute Gasteiger partial charge is 0.478 e. The van der Waals surface area contributed by atoms with E-state index >= 15 is 0 Å². The van der Waals surface area contributed by atoms with Gasteiger partial charge in [0.2, 0.25) is 21.8 Å². The molecule has 1 saturated heterocycles. The lowest BCUT2D eigenvalue weighted by atomic mass is 9.97. The van der Waals surface area contributed by atoms with E-state index in [2.05, 4.69) is 10.3 Å². The minimum absolute atomic E-state index is 0.0458. The minimum Gasteiger partial charge on any atom is -0.478 e. The number of rotatable bonds is 7. The zero-order chi connectivity index (χ0) is 23.5. The van der Waals surface area contributed by atoms with Crippen LogP contribution in [0.4, 0.5) is 0 Å². The molecule has 1 aliphatic heterocycles. The highest BCUT2D eigenvalue weighted by Gasteiger charge is 2.34. The van der Waals surface area contributed by atoms with Gasteiger partial charge >= 0.3 is 0 Å². The number of hydrogen-bond donors (Lipinski definition) is 1. The zero-order valence-electron chi connectivity index (χ0n) is 19.6. The molecule has 1 aromatic carbocycles. The molecule has 174 valence electrons. The van der Waals surface area contributed by atoms with E-state index in [0.717, 1.165) is 27.8 Å². The molecule has 1 N–H and O–H groups in total. The Balaban J connectivity index is 1.62. The van der Waals surface area contributed by atoms with Crippen molar-refractivity contribution in [1.29, 1.82) is 0 Å². The second-order valence-electron chi connectivity index (χ2n) is 8.42. The van der Waals surface area contributed by atoms with Crippen molar-refractivity contribution >= 4 is 15.9 Å². The van der Waals surface area contributed by atoms with Gasteiger partial charge in [-0.25, -0.2) is 13.4 Å². The van der Waals surface area contributed by atoms with Crippen molar-refractivity contribution in [3.8, 4) is 5.88 Å². The maximum Gasteiger partial charge on any atom is 0.243 e. The van der Waals surface area contributed by atoms with E-state index in [9.17, 15) is 13.2 Å². The normalized spacial score (nSPS) is 15.5. The molecule has 3 rings (SSSR count). The topological polar surface area (TPSA) is 88.6 Å². The Labute approximate surface area is 191 Å². The molecular formula is C24H33N3O4S. The molecule has 2 heterocycles. The molecule has 0 saturated carbocycles. The van der Waals surface area contributed by atoms with Gasteiger partial charge in [0, 0.05) is 37.8 Å². The lowest BCUT2D eigenvalue weighted by Gasteiger charge is -2.31. The molecule has 0 radical (unpaired) electrons. The van der Waals surface area contributed by atoms with Gasteiger partial charge in [-0.2, -0.15) is 4.31 Å². The Morgan fingerprint density at radius 2 is 1.75 bits per heavy atom. The summed E-state index contributed by atoms with van der Waals surface area (Å²) in [6.45, 7) is 11.1. The molecule has 1 aromatic heterocycles. The highest BCUT2D eigenvalue weighted by Crippen LogP contribution is 2.31. The van der Waals surface area contributed by atoms with Crippen LogP contribution in [-0.2, 0) is 21.4 Å². The van der Waals surface area contributed by atoms with E-state index in [0.29, 0.717) is 49.9 Å². The number of piperidine rings is 1. The second kappa shape index (κ2) is 10.0. The number of benzene rings is 1. The number of carbonyl (C=O) groups excluding carboxylic acids is 1. The molecule has 1 aliphatic rings.